The molecule has 5 heteroatoms. The molecule has 0 atom stereocenters. The van der Waals surface area contributed by atoms with Crippen LogP contribution in [0.2, 0.25) is 5.02 Å². The molecule has 1 amide bonds. The van der Waals surface area contributed by atoms with E-state index in [9.17, 15) is 4.79 Å². The van der Waals surface area contributed by atoms with Crippen LogP contribution in [0.25, 0.3) is 17.0 Å². The van der Waals surface area contributed by atoms with Crippen molar-refractivity contribution in [3.05, 3.63) is 70.9 Å². The number of aromatic amines is 1. The standard InChI is InChI=1S/C17H14ClN3O/c18-15-7-4-12(5-8-15)6-9-16(22)19-10-13-2-1-3-14-11-20-21-17(13)14/h1-9,11H,10H2,(H,19,22)(H,20,21)/b9-6+. The fraction of sp³-hybridized carbons (Fsp3) is 0.0588. The number of nitrogens with zero attached hydrogens (tertiary/aromatic N) is 1. The highest BCUT2D eigenvalue weighted by Gasteiger charge is 2.03. The summed E-state index contributed by atoms with van der Waals surface area (Å²) in [5, 5.41) is 11.5. The molecule has 2 aromatic carbocycles. The maximum absolute atomic E-state index is 11.9. The van der Waals surface area contributed by atoms with Crippen LogP contribution in [0.1, 0.15) is 11.1 Å². The summed E-state index contributed by atoms with van der Waals surface area (Å²) in [5.74, 6) is -0.147. The highest BCUT2D eigenvalue weighted by molar-refractivity contribution is 6.30. The van der Waals surface area contributed by atoms with Gasteiger partial charge < -0.3 is 5.32 Å². The molecule has 1 aromatic heterocycles. The molecule has 0 aliphatic heterocycles. The van der Waals surface area contributed by atoms with Crippen LogP contribution in [0.15, 0.2) is 54.7 Å². The van der Waals surface area contributed by atoms with Gasteiger partial charge in [-0.25, -0.2) is 0 Å². The van der Waals surface area contributed by atoms with Crippen molar-refractivity contribution in [1.29, 1.82) is 0 Å². The molecule has 0 aliphatic rings. The van der Waals surface area contributed by atoms with Crippen LogP contribution in [-0.2, 0) is 11.3 Å². The number of para-hydroxylation sites is 1. The topological polar surface area (TPSA) is 57.8 Å². The third kappa shape index (κ3) is 3.35. The van der Waals surface area contributed by atoms with Crippen LogP contribution in [-0.4, -0.2) is 16.1 Å². The summed E-state index contributed by atoms with van der Waals surface area (Å²) < 4.78 is 0. The molecule has 0 bridgehead atoms. The van der Waals surface area contributed by atoms with E-state index in [1.807, 2.05) is 30.3 Å². The lowest BCUT2D eigenvalue weighted by Gasteiger charge is -2.03. The van der Waals surface area contributed by atoms with Crippen molar-refractivity contribution in [2.24, 2.45) is 0 Å². The highest BCUT2D eigenvalue weighted by atomic mass is 35.5. The first-order valence-electron chi connectivity index (χ1n) is 6.85. The Labute approximate surface area is 132 Å². The van der Waals surface area contributed by atoms with Gasteiger partial charge in [-0.15, -0.1) is 0 Å². The predicted molar refractivity (Wildman–Crippen MR) is 88.4 cm³/mol. The lowest BCUT2D eigenvalue weighted by molar-refractivity contribution is -0.116. The average molecular weight is 312 g/mol. The van der Waals surface area contributed by atoms with E-state index in [4.69, 9.17) is 11.6 Å². The number of carbonyl (C=O) groups is 1. The second kappa shape index (κ2) is 6.45. The summed E-state index contributed by atoms with van der Waals surface area (Å²) in [6.07, 6.45) is 5.03. The summed E-state index contributed by atoms with van der Waals surface area (Å²) in [6.45, 7) is 0.448. The van der Waals surface area contributed by atoms with Crippen molar-refractivity contribution in [3.8, 4) is 0 Å². The molecule has 4 nitrogen and oxygen atoms in total. The molecule has 1 heterocycles. The molecule has 0 saturated carbocycles. The molecular formula is C17H14ClN3O. The number of nitrogens with one attached hydrogen (secondary N) is 2. The van der Waals surface area contributed by atoms with E-state index in [0.717, 1.165) is 22.0 Å². The van der Waals surface area contributed by atoms with Crippen molar-refractivity contribution in [2.45, 2.75) is 6.54 Å². The molecule has 0 radical (unpaired) electrons. The minimum Gasteiger partial charge on any atom is -0.348 e. The van der Waals surface area contributed by atoms with Gasteiger partial charge in [0, 0.05) is 23.0 Å². The maximum Gasteiger partial charge on any atom is 0.244 e. The molecule has 3 aromatic rings. The highest BCUT2D eigenvalue weighted by Crippen LogP contribution is 2.15. The number of amides is 1. The Morgan fingerprint density at radius 2 is 2.05 bits per heavy atom. The Bertz CT molecular complexity index is 821. The van der Waals surface area contributed by atoms with E-state index in [-0.39, 0.29) is 5.91 Å². The van der Waals surface area contributed by atoms with Crippen LogP contribution >= 0.6 is 11.6 Å². The van der Waals surface area contributed by atoms with Gasteiger partial charge in [-0.1, -0.05) is 41.9 Å². The Hall–Kier alpha value is -2.59. The number of H-pyrrole nitrogens is 1. The molecule has 0 unspecified atom stereocenters. The smallest absolute Gasteiger partial charge is 0.244 e. The van der Waals surface area contributed by atoms with Gasteiger partial charge in [-0.3, -0.25) is 9.89 Å². The number of carbonyl (C=O) groups excluding carboxylic acids is 1. The van der Waals surface area contributed by atoms with Crippen molar-refractivity contribution in [2.75, 3.05) is 0 Å². The van der Waals surface area contributed by atoms with Crippen LogP contribution in [0, 0.1) is 0 Å². The first kappa shape index (κ1) is 14.4. The third-order valence-corrected chi connectivity index (χ3v) is 3.57. The molecule has 3 rings (SSSR count). The van der Waals surface area contributed by atoms with Crippen LogP contribution < -0.4 is 5.32 Å². The first-order valence-corrected chi connectivity index (χ1v) is 7.22. The largest absolute Gasteiger partial charge is 0.348 e. The van der Waals surface area contributed by atoms with Gasteiger partial charge in [-0.05, 0) is 29.3 Å². The summed E-state index contributed by atoms with van der Waals surface area (Å²) in [5.41, 5.74) is 2.88. The minimum absolute atomic E-state index is 0.147. The van der Waals surface area contributed by atoms with E-state index in [0.29, 0.717) is 11.6 Å². The molecule has 0 saturated heterocycles. The average Bonchev–Trinajstić information content (AvgIpc) is 3.01. The van der Waals surface area contributed by atoms with E-state index >= 15 is 0 Å². The van der Waals surface area contributed by atoms with Gasteiger partial charge in [0.1, 0.15) is 0 Å². The zero-order valence-corrected chi connectivity index (χ0v) is 12.5. The second-order valence-corrected chi connectivity index (χ2v) is 5.29. The van der Waals surface area contributed by atoms with E-state index in [1.165, 1.54) is 6.08 Å². The number of hydrogen-bond donors (Lipinski definition) is 2. The third-order valence-electron chi connectivity index (χ3n) is 3.31. The van der Waals surface area contributed by atoms with Crippen molar-refractivity contribution >= 4 is 34.5 Å². The minimum atomic E-state index is -0.147. The zero-order chi connectivity index (χ0) is 15.4. The Morgan fingerprint density at radius 3 is 2.86 bits per heavy atom. The monoisotopic (exact) mass is 311 g/mol. The van der Waals surface area contributed by atoms with Crippen molar-refractivity contribution in [1.82, 2.24) is 15.5 Å². The van der Waals surface area contributed by atoms with Gasteiger partial charge in [0.25, 0.3) is 0 Å². The normalized spacial score (nSPS) is 11.1. The van der Waals surface area contributed by atoms with Crippen LogP contribution in [0.5, 0.6) is 0 Å². The van der Waals surface area contributed by atoms with E-state index in [2.05, 4.69) is 15.5 Å². The first-order chi connectivity index (χ1) is 10.7. The molecular weight excluding hydrogens is 298 g/mol. The van der Waals surface area contributed by atoms with Crippen molar-refractivity contribution in [3.63, 3.8) is 0 Å². The van der Waals surface area contributed by atoms with Gasteiger partial charge in [0.05, 0.1) is 11.7 Å². The van der Waals surface area contributed by atoms with Crippen molar-refractivity contribution < 1.29 is 4.79 Å². The number of benzene rings is 2. The van der Waals surface area contributed by atoms with E-state index < -0.39 is 0 Å². The Morgan fingerprint density at radius 1 is 1.23 bits per heavy atom. The lowest BCUT2D eigenvalue weighted by Crippen LogP contribution is -2.20. The zero-order valence-electron chi connectivity index (χ0n) is 11.7. The molecule has 0 aliphatic carbocycles. The van der Waals surface area contributed by atoms with Crippen LogP contribution in [0.3, 0.4) is 0 Å². The Balaban J connectivity index is 1.62. The predicted octanol–water partition coefficient (Wildman–Crippen LogP) is 3.55. The lowest BCUT2D eigenvalue weighted by atomic mass is 10.1. The molecule has 0 fully saturated rings. The second-order valence-electron chi connectivity index (χ2n) is 4.85. The van der Waals surface area contributed by atoms with Gasteiger partial charge >= 0.3 is 0 Å². The fourth-order valence-corrected chi connectivity index (χ4v) is 2.29. The van der Waals surface area contributed by atoms with Gasteiger partial charge in [0.2, 0.25) is 5.91 Å². The SMILES string of the molecule is O=C(/C=C/c1ccc(Cl)cc1)NCc1cccc2cn[nH]c12. The molecule has 0 spiro atoms. The number of fused-ring (bicyclic) bond motifs is 1. The summed E-state index contributed by atoms with van der Waals surface area (Å²) in [6, 6.07) is 13.2. The molecule has 2 N–H and O–H groups in total. The summed E-state index contributed by atoms with van der Waals surface area (Å²) in [4.78, 5) is 11.9. The Kier molecular flexibility index (Phi) is 4.21. The number of aromatic nitrogens is 2. The molecule has 110 valence electrons. The fourth-order valence-electron chi connectivity index (χ4n) is 2.16. The molecule has 22 heavy (non-hydrogen) atoms. The van der Waals surface area contributed by atoms with E-state index in [1.54, 1.807) is 24.4 Å². The summed E-state index contributed by atoms with van der Waals surface area (Å²) in [7, 11) is 0. The summed E-state index contributed by atoms with van der Waals surface area (Å²) >= 11 is 5.82. The number of halogens is 1. The maximum atomic E-state index is 11.9. The van der Waals surface area contributed by atoms with Gasteiger partial charge in [-0.2, -0.15) is 5.10 Å². The quantitative estimate of drug-likeness (QED) is 0.724. The number of rotatable bonds is 4. The number of hydrogen-bond acceptors (Lipinski definition) is 2. The van der Waals surface area contributed by atoms with Crippen LogP contribution in [0.4, 0.5) is 0 Å². The van der Waals surface area contributed by atoms with Gasteiger partial charge in [0.15, 0.2) is 0 Å².